The Morgan fingerprint density at radius 3 is 2.13 bits per heavy atom. The van der Waals surface area contributed by atoms with Crippen LogP contribution in [-0.2, 0) is 6.54 Å². The Hall–Kier alpha value is -1.24. The molecule has 0 aromatic heterocycles. The van der Waals surface area contributed by atoms with Gasteiger partial charge in [0.1, 0.15) is 0 Å². The monoisotopic (exact) mass is 203 g/mol. The third kappa shape index (κ3) is 3.43. The van der Waals surface area contributed by atoms with Gasteiger partial charge in [-0.05, 0) is 33.3 Å². The van der Waals surface area contributed by atoms with Gasteiger partial charge in [0.05, 0.1) is 0 Å². The highest BCUT2D eigenvalue weighted by Crippen LogP contribution is 2.21. The van der Waals surface area contributed by atoms with Crippen molar-refractivity contribution in [2.45, 2.75) is 39.8 Å². The number of benzene rings is 1. The van der Waals surface area contributed by atoms with Gasteiger partial charge in [-0.2, -0.15) is 0 Å². The van der Waals surface area contributed by atoms with Gasteiger partial charge >= 0.3 is 0 Å². The second kappa shape index (κ2) is 4.52. The van der Waals surface area contributed by atoms with Gasteiger partial charge < -0.3 is 4.90 Å². The van der Waals surface area contributed by atoms with Crippen molar-refractivity contribution >= 4 is 0 Å². The van der Waals surface area contributed by atoms with Gasteiger partial charge in [-0.1, -0.05) is 36.9 Å². The van der Waals surface area contributed by atoms with E-state index in [1.165, 1.54) is 5.56 Å². The normalized spacial score (nSPS) is 11.2. The fourth-order valence-electron chi connectivity index (χ4n) is 1.71. The minimum Gasteiger partial charge on any atom is -0.366 e. The van der Waals surface area contributed by atoms with Crippen molar-refractivity contribution in [1.29, 1.82) is 0 Å². The van der Waals surface area contributed by atoms with Crippen molar-refractivity contribution in [1.82, 2.24) is 4.90 Å². The molecule has 0 bridgehead atoms. The third-order valence-corrected chi connectivity index (χ3v) is 2.45. The zero-order chi connectivity index (χ0) is 11.5. The summed E-state index contributed by atoms with van der Waals surface area (Å²) in [5, 5.41) is 0. The fraction of sp³-hybridized carbons (Fsp3) is 0.429. The second-order valence-corrected chi connectivity index (χ2v) is 4.98. The van der Waals surface area contributed by atoms with Gasteiger partial charge in [0.2, 0.25) is 0 Å². The molecule has 0 aliphatic rings. The minimum absolute atomic E-state index is 0.127. The smallest absolute Gasteiger partial charge is 0.0431 e. The Balaban J connectivity index is 2.82. The summed E-state index contributed by atoms with van der Waals surface area (Å²) < 4.78 is 0. The summed E-state index contributed by atoms with van der Waals surface area (Å²) in [5.74, 6) is 0. The van der Waals surface area contributed by atoms with E-state index in [2.05, 4.69) is 63.4 Å². The van der Waals surface area contributed by atoms with E-state index in [1.807, 2.05) is 6.07 Å². The topological polar surface area (TPSA) is 3.24 Å². The van der Waals surface area contributed by atoms with Crippen LogP contribution in [0.3, 0.4) is 0 Å². The molecule has 0 heterocycles. The minimum atomic E-state index is 0.127. The first-order valence-electron chi connectivity index (χ1n) is 5.38. The summed E-state index contributed by atoms with van der Waals surface area (Å²) in [4.78, 5) is 2.32. The zero-order valence-corrected chi connectivity index (χ0v) is 10.2. The van der Waals surface area contributed by atoms with Crippen LogP contribution >= 0.6 is 0 Å². The van der Waals surface area contributed by atoms with Gasteiger partial charge in [0, 0.05) is 17.8 Å². The first-order chi connectivity index (χ1) is 6.91. The number of hydrogen-bond donors (Lipinski definition) is 0. The number of rotatable bonds is 3. The van der Waals surface area contributed by atoms with Crippen LogP contribution in [0.15, 0.2) is 42.6 Å². The molecule has 82 valence electrons. The van der Waals surface area contributed by atoms with Gasteiger partial charge in [-0.25, -0.2) is 0 Å². The maximum atomic E-state index is 4.04. The maximum Gasteiger partial charge on any atom is 0.0431 e. The summed E-state index contributed by atoms with van der Waals surface area (Å²) in [6.45, 7) is 13.7. The highest BCUT2D eigenvalue weighted by atomic mass is 15.2. The third-order valence-electron chi connectivity index (χ3n) is 2.45. The van der Waals surface area contributed by atoms with Crippen LogP contribution in [0, 0.1) is 0 Å². The Bertz CT molecular complexity index is 319. The molecule has 0 atom stereocenters. The van der Waals surface area contributed by atoms with Crippen LogP contribution in [-0.4, -0.2) is 10.4 Å². The maximum absolute atomic E-state index is 4.04. The van der Waals surface area contributed by atoms with Crippen LogP contribution in [0.2, 0.25) is 0 Å². The van der Waals surface area contributed by atoms with Crippen LogP contribution in [0.25, 0.3) is 0 Å². The van der Waals surface area contributed by atoms with Crippen molar-refractivity contribution in [2.75, 3.05) is 0 Å². The fourth-order valence-corrected chi connectivity index (χ4v) is 1.71. The molecule has 0 N–H and O–H groups in total. The first-order valence-corrected chi connectivity index (χ1v) is 5.38. The Kier molecular flexibility index (Phi) is 3.57. The molecule has 1 aromatic carbocycles. The SMILES string of the molecule is C=C(C)N(Cc1ccccc1)C(C)(C)C. The molecule has 0 unspecified atom stereocenters. The molecule has 1 aromatic rings. The Morgan fingerprint density at radius 2 is 1.73 bits per heavy atom. The molecule has 1 rings (SSSR count). The molecule has 0 saturated carbocycles. The van der Waals surface area contributed by atoms with E-state index in [0.29, 0.717) is 0 Å². The molecule has 1 heteroatoms. The predicted molar refractivity (Wildman–Crippen MR) is 66.6 cm³/mol. The van der Waals surface area contributed by atoms with E-state index in [9.17, 15) is 0 Å². The van der Waals surface area contributed by atoms with E-state index >= 15 is 0 Å². The average molecular weight is 203 g/mol. The summed E-state index contributed by atoms with van der Waals surface area (Å²) in [6, 6.07) is 10.5. The number of hydrogen-bond acceptors (Lipinski definition) is 1. The highest BCUT2D eigenvalue weighted by molar-refractivity contribution is 5.16. The van der Waals surface area contributed by atoms with Crippen molar-refractivity contribution < 1.29 is 0 Å². The molecule has 15 heavy (non-hydrogen) atoms. The average Bonchev–Trinajstić information content (AvgIpc) is 2.13. The molecule has 0 radical (unpaired) electrons. The molecule has 0 fully saturated rings. The van der Waals surface area contributed by atoms with E-state index in [-0.39, 0.29) is 5.54 Å². The highest BCUT2D eigenvalue weighted by Gasteiger charge is 2.20. The van der Waals surface area contributed by atoms with Crippen LogP contribution < -0.4 is 0 Å². The first kappa shape index (κ1) is 11.8. The van der Waals surface area contributed by atoms with E-state index in [4.69, 9.17) is 0 Å². The summed E-state index contributed by atoms with van der Waals surface area (Å²) in [5.41, 5.74) is 2.57. The molecular formula is C14H21N. The molecule has 0 saturated heterocycles. The van der Waals surface area contributed by atoms with E-state index in [1.54, 1.807) is 0 Å². The molecule has 0 aliphatic heterocycles. The predicted octanol–water partition coefficient (Wildman–Crippen LogP) is 3.82. The lowest BCUT2D eigenvalue weighted by Gasteiger charge is -2.38. The number of allylic oxidation sites excluding steroid dienone is 1. The molecule has 0 amide bonds. The van der Waals surface area contributed by atoms with E-state index < -0.39 is 0 Å². The summed E-state index contributed by atoms with van der Waals surface area (Å²) in [7, 11) is 0. The van der Waals surface area contributed by atoms with E-state index in [0.717, 1.165) is 12.2 Å². The Labute approximate surface area is 93.4 Å². The van der Waals surface area contributed by atoms with Crippen molar-refractivity contribution in [3.8, 4) is 0 Å². The lowest BCUT2D eigenvalue weighted by molar-refractivity contribution is 0.178. The van der Waals surface area contributed by atoms with Crippen molar-refractivity contribution in [3.63, 3.8) is 0 Å². The van der Waals surface area contributed by atoms with Crippen molar-refractivity contribution in [2.24, 2.45) is 0 Å². The molecule has 0 aliphatic carbocycles. The largest absolute Gasteiger partial charge is 0.366 e. The van der Waals surface area contributed by atoms with Gasteiger partial charge in [-0.15, -0.1) is 0 Å². The number of nitrogens with zero attached hydrogens (tertiary/aromatic N) is 1. The van der Waals surface area contributed by atoms with Gasteiger partial charge in [0.25, 0.3) is 0 Å². The lowest BCUT2D eigenvalue weighted by atomic mass is 10.0. The van der Waals surface area contributed by atoms with Gasteiger partial charge in [-0.3, -0.25) is 0 Å². The Morgan fingerprint density at radius 1 is 1.20 bits per heavy atom. The summed E-state index contributed by atoms with van der Waals surface area (Å²) >= 11 is 0. The molecule has 1 nitrogen and oxygen atoms in total. The summed E-state index contributed by atoms with van der Waals surface area (Å²) in [6.07, 6.45) is 0. The van der Waals surface area contributed by atoms with Gasteiger partial charge in [0.15, 0.2) is 0 Å². The quantitative estimate of drug-likeness (QED) is 0.722. The molecule has 0 spiro atoms. The van der Waals surface area contributed by atoms with Crippen LogP contribution in [0.1, 0.15) is 33.3 Å². The zero-order valence-electron chi connectivity index (χ0n) is 10.2. The van der Waals surface area contributed by atoms with Crippen LogP contribution in [0.5, 0.6) is 0 Å². The van der Waals surface area contributed by atoms with Crippen LogP contribution in [0.4, 0.5) is 0 Å². The second-order valence-electron chi connectivity index (χ2n) is 4.98. The lowest BCUT2D eigenvalue weighted by Crippen LogP contribution is -2.39. The molecular weight excluding hydrogens is 182 g/mol. The van der Waals surface area contributed by atoms with Crippen molar-refractivity contribution in [3.05, 3.63) is 48.2 Å². The standard InChI is InChI=1S/C14H21N/c1-12(2)15(14(3,4)5)11-13-9-7-6-8-10-13/h6-10H,1,11H2,2-5H3.